The number of anilines is 3. The Kier molecular flexibility index (Phi) is 6.30. The standard InChI is InChI=1S/C21H24Cl2N4/c1-4-14-7-5-6-11-24-20(14)16-13-15(8-9-18(16)27(2)3)26-17-10-12-25-21(23)19(17)22/h4,8-10,12-13,24H,1,5-7,11H2,2-3H3,(H,25,26). The lowest BCUT2D eigenvalue weighted by Crippen LogP contribution is -2.18. The molecule has 6 heteroatoms. The Morgan fingerprint density at radius 3 is 2.78 bits per heavy atom. The van der Waals surface area contributed by atoms with Crippen molar-refractivity contribution in [3.63, 3.8) is 0 Å². The molecule has 0 amide bonds. The lowest BCUT2D eigenvalue weighted by molar-refractivity contribution is 0.731. The van der Waals surface area contributed by atoms with Crippen molar-refractivity contribution in [2.75, 3.05) is 30.9 Å². The van der Waals surface area contributed by atoms with E-state index in [4.69, 9.17) is 23.2 Å². The van der Waals surface area contributed by atoms with Crippen LogP contribution >= 0.6 is 23.2 Å². The number of allylic oxidation sites excluding steroid dienone is 2. The minimum Gasteiger partial charge on any atom is -0.384 e. The lowest BCUT2D eigenvalue weighted by Gasteiger charge is -2.22. The first-order valence-corrected chi connectivity index (χ1v) is 9.75. The summed E-state index contributed by atoms with van der Waals surface area (Å²) in [7, 11) is 4.10. The maximum absolute atomic E-state index is 6.28. The van der Waals surface area contributed by atoms with Crippen LogP contribution in [0.15, 0.2) is 48.7 Å². The largest absolute Gasteiger partial charge is 0.384 e. The van der Waals surface area contributed by atoms with E-state index < -0.39 is 0 Å². The van der Waals surface area contributed by atoms with E-state index in [-0.39, 0.29) is 5.15 Å². The molecule has 0 saturated heterocycles. The minimum absolute atomic E-state index is 0.286. The number of rotatable bonds is 5. The van der Waals surface area contributed by atoms with E-state index in [1.807, 2.05) is 18.2 Å². The van der Waals surface area contributed by atoms with Gasteiger partial charge in [-0.3, -0.25) is 0 Å². The normalized spacial score (nSPS) is 14.4. The van der Waals surface area contributed by atoms with Crippen LogP contribution in [0.5, 0.6) is 0 Å². The average molecular weight is 403 g/mol. The zero-order chi connectivity index (χ0) is 19.4. The third-order valence-corrected chi connectivity index (χ3v) is 5.38. The molecule has 0 bridgehead atoms. The topological polar surface area (TPSA) is 40.2 Å². The number of pyridine rings is 1. The van der Waals surface area contributed by atoms with Crippen LogP contribution in [-0.4, -0.2) is 25.6 Å². The van der Waals surface area contributed by atoms with Crippen LogP contribution in [0.25, 0.3) is 5.70 Å². The molecule has 1 aliphatic heterocycles. The molecule has 0 aliphatic carbocycles. The van der Waals surface area contributed by atoms with E-state index in [0.29, 0.717) is 5.02 Å². The van der Waals surface area contributed by atoms with Crippen molar-refractivity contribution in [1.29, 1.82) is 0 Å². The van der Waals surface area contributed by atoms with Crippen LogP contribution in [0.4, 0.5) is 17.1 Å². The summed E-state index contributed by atoms with van der Waals surface area (Å²) in [5, 5.41) is 7.66. The van der Waals surface area contributed by atoms with Crippen LogP contribution in [-0.2, 0) is 0 Å². The smallest absolute Gasteiger partial charge is 0.149 e. The van der Waals surface area contributed by atoms with Gasteiger partial charge in [0.15, 0.2) is 0 Å². The average Bonchev–Trinajstić information content (AvgIpc) is 2.90. The van der Waals surface area contributed by atoms with Crippen LogP contribution in [0, 0.1) is 0 Å². The second-order valence-corrected chi connectivity index (χ2v) is 7.44. The van der Waals surface area contributed by atoms with Gasteiger partial charge in [-0.1, -0.05) is 35.9 Å². The Balaban J connectivity index is 2.06. The summed E-state index contributed by atoms with van der Waals surface area (Å²) in [6.45, 7) is 4.98. The van der Waals surface area contributed by atoms with Gasteiger partial charge in [-0.05, 0) is 49.1 Å². The third-order valence-electron chi connectivity index (χ3n) is 4.62. The zero-order valence-corrected chi connectivity index (χ0v) is 17.2. The highest BCUT2D eigenvalue weighted by Crippen LogP contribution is 2.35. The summed E-state index contributed by atoms with van der Waals surface area (Å²) < 4.78 is 0. The van der Waals surface area contributed by atoms with E-state index in [2.05, 4.69) is 53.3 Å². The van der Waals surface area contributed by atoms with Crippen molar-refractivity contribution in [1.82, 2.24) is 10.3 Å². The molecule has 0 radical (unpaired) electrons. The number of hydrogen-bond donors (Lipinski definition) is 2. The molecule has 1 aliphatic rings. The van der Waals surface area contributed by atoms with Gasteiger partial charge in [0.2, 0.25) is 0 Å². The lowest BCUT2D eigenvalue weighted by atomic mass is 10.0. The molecule has 0 fully saturated rings. The number of hydrogen-bond acceptors (Lipinski definition) is 4. The quantitative estimate of drug-likeness (QED) is 0.613. The van der Waals surface area contributed by atoms with Gasteiger partial charge in [0.05, 0.1) is 5.69 Å². The fraction of sp³-hybridized carbons (Fsp3) is 0.286. The zero-order valence-electron chi connectivity index (χ0n) is 15.6. The molecule has 2 heterocycles. The molecular formula is C21H24Cl2N4. The molecule has 2 N–H and O–H groups in total. The molecule has 0 spiro atoms. The predicted octanol–water partition coefficient (Wildman–Crippen LogP) is 5.87. The van der Waals surface area contributed by atoms with Gasteiger partial charge in [0.1, 0.15) is 10.2 Å². The Morgan fingerprint density at radius 1 is 1.22 bits per heavy atom. The van der Waals surface area contributed by atoms with E-state index in [1.165, 1.54) is 5.57 Å². The number of nitrogens with one attached hydrogen (secondary N) is 2. The Morgan fingerprint density at radius 2 is 2.04 bits per heavy atom. The Labute approximate surface area is 170 Å². The first-order chi connectivity index (χ1) is 13.0. The highest BCUT2D eigenvalue weighted by molar-refractivity contribution is 6.43. The maximum atomic E-state index is 6.28. The van der Waals surface area contributed by atoms with Gasteiger partial charge in [-0.2, -0.15) is 0 Å². The van der Waals surface area contributed by atoms with Gasteiger partial charge >= 0.3 is 0 Å². The first kappa shape index (κ1) is 19.6. The predicted molar refractivity (Wildman–Crippen MR) is 117 cm³/mol. The second kappa shape index (κ2) is 8.68. The number of halogens is 2. The van der Waals surface area contributed by atoms with Gasteiger partial charge in [0, 0.05) is 49.5 Å². The summed E-state index contributed by atoms with van der Waals surface area (Å²) in [5.41, 5.74) is 6.33. The van der Waals surface area contributed by atoms with Crippen LogP contribution in [0.1, 0.15) is 24.8 Å². The van der Waals surface area contributed by atoms with E-state index >= 15 is 0 Å². The van der Waals surface area contributed by atoms with Crippen molar-refractivity contribution in [2.24, 2.45) is 0 Å². The molecule has 142 valence electrons. The summed E-state index contributed by atoms with van der Waals surface area (Å²) >= 11 is 12.3. The highest BCUT2D eigenvalue weighted by Gasteiger charge is 2.16. The number of aromatic nitrogens is 1. The van der Waals surface area contributed by atoms with Crippen LogP contribution < -0.4 is 15.5 Å². The summed E-state index contributed by atoms with van der Waals surface area (Å²) in [4.78, 5) is 6.12. The summed E-state index contributed by atoms with van der Waals surface area (Å²) in [6.07, 6.45) is 6.95. The SMILES string of the molecule is C=CC1=C(c2cc(Nc3ccnc(Cl)c3Cl)ccc2N(C)C)NCCCC1. The molecule has 0 atom stereocenters. The van der Waals surface area contributed by atoms with E-state index in [9.17, 15) is 0 Å². The second-order valence-electron chi connectivity index (χ2n) is 6.70. The van der Waals surface area contributed by atoms with Crippen molar-refractivity contribution in [2.45, 2.75) is 19.3 Å². The van der Waals surface area contributed by atoms with Gasteiger partial charge in [-0.15, -0.1) is 0 Å². The number of benzene rings is 1. The maximum Gasteiger partial charge on any atom is 0.149 e. The summed E-state index contributed by atoms with van der Waals surface area (Å²) in [6, 6.07) is 8.09. The highest BCUT2D eigenvalue weighted by atomic mass is 35.5. The number of nitrogens with zero attached hydrogens (tertiary/aromatic N) is 2. The third kappa shape index (κ3) is 4.40. The molecule has 2 aromatic rings. The van der Waals surface area contributed by atoms with Gasteiger partial charge in [-0.25, -0.2) is 4.98 Å². The van der Waals surface area contributed by atoms with Gasteiger partial charge < -0.3 is 15.5 Å². The molecule has 1 aromatic heterocycles. The minimum atomic E-state index is 0.286. The molecule has 27 heavy (non-hydrogen) atoms. The fourth-order valence-corrected chi connectivity index (χ4v) is 3.56. The molecular weight excluding hydrogens is 379 g/mol. The Bertz CT molecular complexity index is 874. The monoisotopic (exact) mass is 402 g/mol. The van der Waals surface area contributed by atoms with Crippen molar-refractivity contribution in [3.05, 3.63) is 64.4 Å². The van der Waals surface area contributed by atoms with Crippen LogP contribution in [0.3, 0.4) is 0 Å². The first-order valence-electron chi connectivity index (χ1n) is 8.99. The summed E-state index contributed by atoms with van der Waals surface area (Å²) in [5.74, 6) is 0. The molecule has 0 saturated carbocycles. The Hall–Kier alpha value is -2.17. The van der Waals surface area contributed by atoms with Gasteiger partial charge in [0.25, 0.3) is 0 Å². The van der Waals surface area contributed by atoms with Crippen molar-refractivity contribution in [3.8, 4) is 0 Å². The molecule has 4 nitrogen and oxygen atoms in total. The van der Waals surface area contributed by atoms with Crippen molar-refractivity contribution >= 4 is 46.0 Å². The molecule has 3 rings (SSSR count). The molecule has 1 aromatic carbocycles. The fourth-order valence-electron chi connectivity index (χ4n) is 3.24. The van der Waals surface area contributed by atoms with Crippen molar-refractivity contribution < 1.29 is 0 Å². The van der Waals surface area contributed by atoms with Crippen LogP contribution in [0.2, 0.25) is 10.2 Å². The van der Waals surface area contributed by atoms with E-state index in [1.54, 1.807) is 6.20 Å². The molecule has 0 unspecified atom stereocenters. The van der Waals surface area contributed by atoms with E-state index in [0.717, 1.165) is 54.1 Å².